The normalized spacial score (nSPS) is 10.2. The molecule has 0 aliphatic rings. The molecule has 2 aromatic carbocycles. The summed E-state index contributed by atoms with van der Waals surface area (Å²) in [4.78, 5) is 25.7. The Balaban J connectivity index is 2.01. The van der Waals surface area contributed by atoms with Crippen LogP contribution in [0.3, 0.4) is 0 Å². The second kappa shape index (κ2) is 8.53. The van der Waals surface area contributed by atoms with E-state index in [1.807, 2.05) is 25.1 Å². The molecule has 1 N–H and O–H groups in total. The van der Waals surface area contributed by atoms with E-state index in [1.165, 1.54) is 14.0 Å². The van der Waals surface area contributed by atoms with Gasteiger partial charge in [-0.1, -0.05) is 29.3 Å². The molecule has 25 heavy (non-hydrogen) atoms. The van der Waals surface area contributed by atoms with Gasteiger partial charge in [0.2, 0.25) is 5.91 Å². The molecule has 0 saturated heterocycles. The van der Waals surface area contributed by atoms with Crippen LogP contribution >= 0.6 is 11.6 Å². The van der Waals surface area contributed by atoms with E-state index < -0.39 is 0 Å². The smallest absolute Gasteiger partial charge is 0.251 e. The van der Waals surface area contributed by atoms with Gasteiger partial charge in [0.1, 0.15) is 5.75 Å². The van der Waals surface area contributed by atoms with E-state index in [4.69, 9.17) is 16.3 Å². The number of carbonyl (C=O) groups excluding carboxylic acids is 2. The average molecular weight is 361 g/mol. The maximum absolute atomic E-state index is 12.2. The molecule has 2 aromatic rings. The number of benzene rings is 2. The number of nitrogens with zero attached hydrogens (tertiary/aromatic N) is 1. The molecule has 0 radical (unpaired) electrons. The Morgan fingerprint density at radius 1 is 1.20 bits per heavy atom. The standard InChI is InChI=1S/C19H21ClN2O3/c1-13-5-4-6-15(11-13)19(24)21-9-10-22(14(2)23)16-7-8-18(25-3)17(20)12-16/h4-8,11-12H,9-10H2,1-3H3,(H,21,24). The quantitative estimate of drug-likeness (QED) is 0.858. The Bertz CT molecular complexity index is 777. The number of halogens is 1. The molecule has 0 heterocycles. The van der Waals surface area contributed by atoms with Gasteiger partial charge in [-0.05, 0) is 37.3 Å². The van der Waals surface area contributed by atoms with Gasteiger partial charge in [-0.3, -0.25) is 9.59 Å². The number of hydrogen-bond donors (Lipinski definition) is 1. The summed E-state index contributed by atoms with van der Waals surface area (Å²) in [6, 6.07) is 12.5. The molecular formula is C19H21ClN2O3. The third-order valence-electron chi connectivity index (χ3n) is 3.73. The number of aryl methyl sites for hydroxylation is 1. The van der Waals surface area contributed by atoms with Crippen molar-refractivity contribution in [3.63, 3.8) is 0 Å². The summed E-state index contributed by atoms with van der Waals surface area (Å²) in [5.41, 5.74) is 2.27. The SMILES string of the molecule is COc1ccc(N(CCNC(=O)c2cccc(C)c2)C(C)=O)cc1Cl. The van der Waals surface area contributed by atoms with Gasteiger partial charge in [-0.25, -0.2) is 0 Å². The lowest BCUT2D eigenvalue weighted by Gasteiger charge is -2.22. The molecule has 0 atom stereocenters. The van der Waals surface area contributed by atoms with Gasteiger partial charge >= 0.3 is 0 Å². The highest BCUT2D eigenvalue weighted by molar-refractivity contribution is 6.32. The summed E-state index contributed by atoms with van der Waals surface area (Å²) in [5.74, 6) is 0.243. The summed E-state index contributed by atoms with van der Waals surface area (Å²) in [6.07, 6.45) is 0. The van der Waals surface area contributed by atoms with Crippen molar-refractivity contribution in [2.24, 2.45) is 0 Å². The highest BCUT2D eigenvalue weighted by Crippen LogP contribution is 2.29. The fraction of sp³-hybridized carbons (Fsp3) is 0.263. The lowest BCUT2D eigenvalue weighted by Crippen LogP contribution is -2.37. The van der Waals surface area contributed by atoms with Crippen molar-refractivity contribution in [2.45, 2.75) is 13.8 Å². The van der Waals surface area contributed by atoms with Crippen molar-refractivity contribution < 1.29 is 14.3 Å². The molecule has 6 heteroatoms. The third kappa shape index (κ3) is 4.97. The highest BCUT2D eigenvalue weighted by Gasteiger charge is 2.14. The Labute approximate surface area is 152 Å². The predicted molar refractivity (Wildman–Crippen MR) is 99.5 cm³/mol. The molecule has 2 amide bonds. The minimum atomic E-state index is -0.167. The van der Waals surface area contributed by atoms with Gasteiger partial charge in [0.05, 0.1) is 12.1 Å². The third-order valence-corrected chi connectivity index (χ3v) is 4.02. The molecule has 0 spiro atoms. The van der Waals surface area contributed by atoms with E-state index in [2.05, 4.69) is 5.32 Å². The highest BCUT2D eigenvalue weighted by atomic mass is 35.5. The minimum Gasteiger partial charge on any atom is -0.495 e. The van der Waals surface area contributed by atoms with Gasteiger partial charge in [0, 0.05) is 31.3 Å². The van der Waals surface area contributed by atoms with E-state index in [-0.39, 0.29) is 11.8 Å². The maximum atomic E-state index is 12.2. The van der Waals surface area contributed by atoms with E-state index in [1.54, 1.807) is 29.2 Å². The van der Waals surface area contributed by atoms with Crippen molar-refractivity contribution in [1.29, 1.82) is 0 Å². The summed E-state index contributed by atoms with van der Waals surface area (Å²) >= 11 is 6.12. The number of methoxy groups -OCH3 is 1. The summed E-state index contributed by atoms with van der Waals surface area (Å²) < 4.78 is 5.12. The zero-order valence-electron chi connectivity index (χ0n) is 14.5. The van der Waals surface area contributed by atoms with Crippen LogP contribution in [0.15, 0.2) is 42.5 Å². The van der Waals surface area contributed by atoms with E-state index >= 15 is 0 Å². The van der Waals surface area contributed by atoms with Crippen LogP contribution in [0.25, 0.3) is 0 Å². The number of nitrogens with one attached hydrogen (secondary N) is 1. The molecular weight excluding hydrogens is 340 g/mol. The molecule has 0 saturated carbocycles. The first-order chi connectivity index (χ1) is 11.9. The first-order valence-corrected chi connectivity index (χ1v) is 8.26. The second-order valence-corrected chi connectivity index (χ2v) is 6.02. The molecule has 0 aliphatic carbocycles. The van der Waals surface area contributed by atoms with Crippen LogP contribution in [0.5, 0.6) is 5.75 Å². The molecule has 0 aromatic heterocycles. The van der Waals surface area contributed by atoms with E-state index in [9.17, 15) is 9.59 Å². The fourth-order valence-electron chi connectivity index (χ4n) is 2.46. The van der Waals surface area contributed by atoms with Gasteiger partial charge < -0.3 is 15.0 Å². The van der Waals surface area contributed by atoms with E-state index in [0.717, 1.165) is 5.56 Å². The molecule has 132 valence electrons. The lowest BCUT2D eigenvalue weighted by atomic mass is 10.1. The molecule has 0 fully saturated rings. The average Bonchev–Trinajstić information content (AvgIpc) is 2.58. The van der Waals surface area contributed by atoms with Crippen molar-refractivity contribution >= 4 is 29.1 Å². The number of rotatable bonds is 6. The van der Waals surface area contributed by atoms with Crippen LogP contribution in [0, 0.1) is 6.92 Å². The van der Waals surface area contributed by atoms with Gasteiger partial charge in [0.25, 0.3) is 5.91 Å². The molecule has 5 nitrogen and oxygen atoms in total. The van der Waals surface area contributed by atoms with Crippen molar-refractivity contribution in [2.75, 3.05) is 25.1 Å². The van der Waals surface area contributed by atoms with Crippen molar-refractivity contribution in [3.8, 4) is 5.75 Å². The van der Waals surface area contributed by atoms with Crippen LogP contribution in [0.1, 0.15) is 22.8 Å². The Kier molecular flexibility index (Phi) is 6.42. The Morgan fingerprint density at radius 3 is 2.56 bits per heavy atom. The second-order valence-electron chi connectivity index (χ2n) is 5.61. The van der Waals surface area contributed by atoms with Crippen molar-refractivity contribution in [3.05, 3.63) is 58.6 Å². The summed E-state index contributed by atoms with van der Waals surface area (Å²) in [5, 5.41) is 3.25. The largest absolute Gasteiger partial charge is 0.495 e. The van der Waals surface area contributed by atoms with Gasteiger partial charge in [0.15, 0.2) is 0 Å². The number of ether oxygens (including phenoxy) is 1. The number of hydrogen-bond acceptors (Lipinski definition) is 3. The van der Waals surface area contributed by atoms with E-state index in [0.29, 0.717) is 35.1 Å². The minimum absolute atomic E-state index is 0.133. The Hall–Kier alpha value is -2.53. The fourth-order valence-corrected chi connectivity index (χ4v) is 2.71. The van der Waals surface area contributed by atoms with Crippen LogP contribution in [-0.4, -0.2) is 32.0 Å². The molecule has 0 bridgehead atoms. The first-order valence-electron chi connectivity index (χ1n) is 7.89. The zero-order valence-corrected chi connectivity index (χ0v) is 15.3. The van der Waals surface area contributed by atoms with Crippen LogP contribution in [0.2, 0.25) is 5.02 Å². The van der Waals surface area contributed by atoms with Crippen LogP contribution in [0.4, 0.5) is 5.69 Å². The maximum Gasteiger partial charge on any atom is 0.251 e. The van der Waals surface area contributed by atoms with Gasteiger partial charge in [-0.2, -0.15) is 0 Å². The molecule has 2 rings (SSSR count). The van der Waals surface area contributed by atoms with Crippen LogP contribution < -0.4 is 15.0 Å². The topological polar surface area (TPSA) is 58.6 Å². The van der Waals surface area contributed by atoms with Gasteiger partial charge in [-0.15, -0.1) is 0 Å². The summed E-state index contributed by atoms with van der Waals surface area (Å²) in [7, 11) is 1.53. The number of amides is 2. The number of carbonyl (C=O) groups is 2. The first kappa shape index (κ1) is 18.8. The van der Waals surface area contributed by atoms with Crippen molar-refractivity contribution in [1.82, 2.24) is 5.32 Å². The lowest BCUT2D eigenvalue weighted by molar-refractivity contribution is -0.116. The number of anilines is 1. The monoisotopic (exact) mass is 360 g/mol. The summed E-state index contributed by atoms with van der Waals surface area (Å²) in [6.45, 7) is 4.08. The Morgan fingerprint density at radius 2 is 1.96 bits per heavy atom. The molecule has 0 aliphatic heterocycles. The van der Waals surface area contributed by atoms with Crippen LogP contribution in [-0.2, 0) is 4.79 Å². The molecule has 0 unspecified atom stereocenters. The zero-order chi connectivity index (χ0) is 18.4. The predicted octanol–water partition coefficient (Wildman–Crippen LogP) is 3.44.